The van der Waals surface area contributed by atoms with Crippen LogP contribution in [0.5, 0.6) is 0 Å². The Hall–Kier alpha value is -3.07. The van der Waals surface area contributed by atoms with E-state index in [4.69, 9.17) is 33.6 Å². The molecule has 2 amide bonds. The maximum Gasteiger partial charge on any atom is 0.327 e. The molecule has 6 rings (SSSR count). The number of aliphatic hydroxyl groups excluding tert-OH is 5. The second-order valence-electron chi connectivity index (χ2n) is 12.4. The lowest BCUT2D eigenvalue weighted by molar-refractivity contribution is -0.298. The van der Waals surface area contributed by atoms with Gasteiger partial charge in [-0.25, -0.2) is 0 Å². The number of carbonyl (C=O) groups is 3. The van der Waals surface area contributed by atoms with E-state index in [-0.39, 0.29) is 58.4 Å². The second-order valence-corrected chi connectivity index (χ2v) is 12.4. The van der Waals surface area contributed by atoms with E-state index in [1.165, 1.54) is 5.06 Å². The van der Waals surface area contributed by atoms with Crippen LogP contribution in [0.3, 0.4) is 0 Å². The number of hydrogen-bond donors (Lipinski definition) is 7. The predicted molar refractivity (Wildman–Crippen MR) is 159 cm³/mol. The predicted octanol–water partition coefficient (Wildman–Crippen LogP) is -3.33. The highest BCUT2D eigenvalue weighted by molar-refractivity contribution is 5.93. The third-order valence-electron chi connectivity index (χ3n) is 9.40. The number of fused-ring (bicyclic) bond motifs is 4. The van der Waals surface area contributed by atoms with Gasteiger partial charge in [0.05, 0.1) is 26.4 Å². The maximum absolute atomic E-state index is 13.9. The summed E-state index contributed by atoms with van der Waals surface area (Å²) in [4.78, 5) is 45.7. The Kier molecular flexibility index (Phi) is 10.7. The number of ether oxygens (including phenoxy) is 5. The molecular weight excluding hydrogens is 638 g/mol. The highest BCUT2D eigenvalue weighted by atomic mass is 16.8. The molecule has 11 atom stereocenters. The van der Waals surface area contributed by atoms with Gasteiger partial charge in [0.2, 0.25) is 11.8 Å². The molecule has 17 nitrogen and oxygen atoms in total. The largest absolute Gasteiger partial charge is 0.458 e. The summed E-state index contributed by atoms with van der Waals surface area (Å²) in [7, 11) is 0. The Balaban J connectivity index is 1.10. The smallest absolute Gasteiger partial charge is 0.327 e. The van der Waals surface area contributed by atoms with Crippen molar-refractivity contribution in [2.24, 2.45) is 5.41 Å². The topological polar surface area (TPSA) is 235 Å². The Labute approximate surface area is 275 Å². The van der Waals surface area contributed by atoms with Crippen molar-refractivity contribution in [2.45, 2.75) is 80.5 Å². The van der Waals surface area contributed by atoms with E-state index in [1.807, 2.05) is 24.3 Å². The molecule has 1 aromatic rings. The SMILES string of the molecule is O=C(CCNC(=O)[C@@]12C[C@H]3OC(=O)[C@@H]1N(Cc1ccc(C=CCO[C@H]4O[C@H](CO)[C@H](O)[C@H](O)[C@H]4O)cc1)O[C@@H]2[C@H]1OCO[C@H]13)NCCO. The summed E-state index contributed by atoms with van der Waals surface area (Å²) in [6.45, 7) is -0.512. The number of carbonyl (C=O) groups excluding carboxylic acids is 3. The van der Waals surface area contributed by atoms with Crippen LogP contribution < -0.4 is 10.6 Å². The normalized spacial score (nSPS) is 37.3. The summed E-state index contributed by atoms with van der Waals surface area (Å²) in [6.07, 6.45) is -6.00. The van der Waals surface area contributed by atoms with E-state index >= 15 is 0 Å². The molecule has 0 spiro atoms. The minimum atomic E-state index is -1.53. The van der Waals surface area contributed by atoms with Gasteiger partial charge in [-0.2, -0.15) is 5.06 Å². The first-order valence-corrected chi connectivity index (χ1v) is 15.9. The second kappa shape index (κ2) is 14.8. The van der Waals surface area contributed by atoms with Crippen molar-refractivity contribution in [1.29, 1.82) is 0 Å². The molecular formula is C31H41N3O14. The average Bonchev–Trinajstić information content (AvgIpc) is 3.71. The monoisotopic (exact) mass is 679 g/mol. The summed E-state index contributed by atoms with van der Waals surface area (Å²) >= 11 is 0. The Morgan fingerprint density at radius 3 is 2.54 bits per heavy atom. The summed E-state index contributed by atoms with van der Waals surface area (Å²) in [5, 5.41) is 55.0. The summed E-state index contributed by atoms with van der Waals surface area (Å²) in [5.74, 6) is -1.39. The van der Waals surface area contributed by atoms with E-state index in [2.05, 4.69) is 10.6 Å². The van der Waals surface area contributed by atoms with Gasteiger partial charge in [-0.05, 0) is 11.1 Å². The van der Waals surface area contributed by atoms with Crippen molar-refractivity contribution in [3.63, 3.8) is 0 Å². The molecule has 5 aliphatic rings. The lowest BCUT2D eigenvalue weighted by Crippen LogP contribution is -2.69. The van der Waals surface area contributed by atoms with Gasteiger partial charge in [0.1, 0.15) is 61.0 Å². The van der Waals surface area contributed by atoms with Crippen LogP contribution in [-0.2, 0) is 49.5 Å². The molecule has 0 unspecified atom stereocenters. The molecule has 4 saturated heterocycles. The first kappa shape index (κ1) is 34.8. The number of benzene rings is 1. The zero-order valence-corrected chi connectivity index (χ0v) is 26.0. The Morgan fingerprint density at radius 2 is 1.79 bits per heavy atom. The number of rotatable bonds is 13. The van der Waals surface area contributed by atoms with Gasteiger partial charge >= 0.3 is 5.97 Å². The zero-order chi connectivity index (χ0) is 34.0. The van der Waals surface area contributed by atoms with Crippen LogP contribution in [0.25, 0.3) is 6.08 Å². The number of hydrogen-bond acceptors (Lipinski definition) is 15. The Bertz CT molecular complexity index is 1350. The van der Waals surface area contributed by atoms with E-state index < -0.39 is 85.1 Å². The molecule has 4 aliphatic heterocycles. The quantitative estimate of drug-likeness (QED) is 0.101. The lowest BCUT2D eigenvalue weighted by atomic mass is 9.62. The number of aliphatic hydroxyl groups is 5. The van der Waals surface area contributed by atoms with Crippen molar-refractivity contribution >= 4 is 23.9 Å². The number of nitrogens with zero attached hydrogens (tertiary/aromatic N) is 1. The van der Waals surface area contributed by atoms with Gasteiger partial charge in [-0.15, -0.1) is 0 Å². The van der Waals surface area contributed by atoms with Gasteiger partial charge in [0, 0.05) is 25.9 Å². The standard InChI is InChI=1S/C31H41N3O14/c35-10-9-32-20(37)7-8-33-30(42)31-12-18-24-25(45-15-44-24)27(31)48-34(26(31)28(41)46-18)13-17-5-3-16(4-6-17)2-1-11-43-29-23(40)22(39)21(38)19(14-36)47-29/h1-6,18-19,21-27,29,35-36,38-40H,7-15H2,(H,32,37)(H,33,42)/t18-,19-,21+,22+,23-,24+,25+,26+,27-,29+,31+/m1/s1. The van der Waals surface area contributed by atoms with Crippen LogP contribution in [0.1, 0.15) is 24.0 Å². The molecule has 1 aliphatic carbocycles. The molecule has 0 radical (unpaired) electrons. The number of nitrogens with one attached hydrogen (secondary N) is 2. The maximum atomic E-state index is 13.9. The first-order valence-electron chi connectivity index (χ1n) is 15.9. The van der Waals surface area contributed by atoms with E-state index in [9.17, 15) is 34.8 Å². The number of hydroxylamine groups is 2. The molecule has 7 N–H and O–H groups in total. The molecule has 0 aromatic heterocycles. The van der Waals surface area contributed by atoms with Crippen LogP contribution >= 0.6 is 0 Å². The summed E-state index contributed by atoms with van der Waals surface area (Å²) < 4.78 is 28.1. The van der Waals surface area contributed by atoms with Gasteiger partial charge < -0.3 is 59.9 Å². The minimum Gasteiger partial charge on any atom is -0.458 e. The van der Waals surface area contributed by atoms with Gasteiger partial charge in [0.25, 0.3) is 0 Å². The fraction of sp³-hybridized carbons (Fsp3) is 0.645. The highest BCUT2D eigenvalue weighted by Gasteiger charge is 2.74. The molecule has 1 aromatic carbocycles. The summed E-state index contributed by atoms with van der Waals surface area (Å²) in [5.41, 5.74) is 0.222. The van der Waals surface area contributed by atoms with Crippen LogP contribution in [0, 0.1) is 5.41 Å². The van der Waals surface area contributed by atoms with Gasteiger partial charge in [0.15, 0.2) is 12.3 Å². The van der Waals surface area contributed by atoms with Crippen LogP contribution in [0.15, 0.2) is 30.3 Å². The van der Waals surface area contributed by atoms with Crippen molar-refractivity contribution in [2.75, 3.05) is 39.7 Å². The third-order valence-corrected chi connectivity index (χ3v) is 9.40. The lowest BCUT2D eigenvalue weighted by Gasteiger charge is -2.48. The molecule has 48 heavy (non-hydrogen) atoms. The average molecular weight is 680 g/mol. The highest BCUT2D eigenvalue weighted by Crippen LogP contribution is 2.55. The molecule has 5 fully saturated rings. The molecule has 2 bridgehead atoms. The number of amides is 2. The number of esters is 1. The van der Waals surface area contributed by atoms with Gasteiger partial charge in [-0.3, -0.25) is 19.2 Å². The summed E-state index contributed by atoms with van der Waals surface area (Å²) in [6, 6.07) is 6.23. The molecule has 1 saturated carbocycles. The fourth-order valence-corrected chi connectivity index (χ4v) is 7.02. The van der Waals surface area contributed by atoms with Crippen molar-refractivity contribution in [3.8, 4) is 0 Å². The Morgan fingerprint density at radius 1 is 1.02 bits per heavy atom. The van der Waals surface area contributed by atoms with Crippen molar-refractivity contribution in [1.82, 2.24) is 15.7 Å². The third kappa shape index (κ3) is 6.60. The van der Waals surface area contributed by atoms with Crippen LogP contribution in [-0.4, -0.2) is 149 Å². The first-order chi connectivity index (χ1) is 23.2. The minimum absolute atomic E-state index is 0.00363. The molecule has 17 heteroatoms. The van der Waals surface area contributed by atoms with E-state index in [0.29, 0.717) is 0 Å². The molecule has 264 valence electrons. The van der Waals surface area contributed by atoms with E-state index in [1.54, 1.807) is 12.2 Å². The fourth-order valence-electron chi connectivity index (χ4n) is 7.02. The van der Waals surface area contributed by atoms with Crippen LogP contribution in [0.2, 0.25) is 0 Å². The van der Waals surface area contributed by atoms with E-state index in [0.717, 1.165) is 11.1 Å². The van der Waals surface area contributed by atoms with Crippen molar-refractivity contribution < 1.29 is 68.4 Å². The zero-order valence-electron chi connectivity index (χ0n) is 26.0. The molecule has 4 heterocycles. The van der Waals surface area contributed by atoms with Gasteiger partial charge in [-0.1, -0.05) is 36.4 Å². The van der Waals surface area contributed by atoms with Crippen LogP contribution in [0.4, 0.5) is 0 Å². The van der Waals surface area contributed by atoms with Crippen molar-refractivity contribution in [3.05, 3.63) is 41.5 Å².